The van der Waals surface area contributed by atoms with E-state index in [1.807, 2.05) is 54.0 Å². The Morgan fingerprint density at radius 2 is 1.83 bits per heavy atom. The van der Waals surface area contributed by atoms with Crippen molar-refractivity contribution in [2.24, 2.45) is 4.99 Å². The van der Waals surface area contributed by atoms with Crippen LogP contribution in [-0.2, 0) is 6.42 Å². The van der Waals surface area contributed by atoms with Crippen LogP contribution in [0.15, 0.2) is 88.2 Å². The molecule has 0 bridgehead atoms. The quantitative estimate of drug-likeness (QED) is 0.403. The Hall–Kier alpha value is -3.90. The van der Waals surface area contributed by atoms with Gasteiger partial charge in [-0.1, -0.05) is 72.0 Å². The number of aryl methyl sites for hydroxylation is 1. The third-order valence-corrected chi connectivity index (χ3v) is 7.76. The Labute approximate surface area is 213 Å². The smallest absolute Gasteiger partial charge is 0.271 e. The summed E-state index contributed by atoms with van der Waals surface area (Å²) in [5, 5.41) is 0. The second kappa shape index (κ2) is 9.28. The van der Waals surface area contributed by atoms with Crippen LogP contribution in [0.2, 0.25) is 0 Å². The molecule has 2 heterocycles. The average Bonchev–Trinajstić information content (AvgIpc) is 3.22. The van der Waals surface area contributed by atoms with Crippen molar-refractivity contribution in [3.05, 3.63) is 120 Å². The van der Waals surface area contributed by atoms with Crippen LogP contribution in [0, 0.1) is 0 Å². The molecular formula is C30H26N2O3S. The van der Waals surface area contributed by atoms with Crippen LogP contribution in [-0.4, -0.2) is 18.3 Å². The summed E-state index contributed by atoms with van der Waals surface area (Å²) in [5.41, 5.74) is 6.68. The molecule has 0 radical (unpaired) electrons. The van der Waals surface area contributed by atoms with Crippen LogP contribution in [0.5, 0.6) is 11.5 Å². The summed E-state index contributed by atoms with van der Waals surface area (Å²) in [6.45, 7) is 2.47. The molecule has 6 rings (SSSR count). The Morgan fingerprint density at radius 1 is 1.03 bits per heavy atom. The molecule has 180 valence electrons. The van der Waals surface area contributed by atoms with E-state index in [-0.39, 0.29) is 11.6 Å². The Morgan fingerprint density at radius 3 is 2.64 bits per heavy atom. The van der Waals surface area contributed by atoms with Crippen molar-refractivity contribution < 1.29 is 9.47 Å². The van der Waals surface area contributed by atoms with Crippen LogP contribution in [0.25, 0.3) is 11.8 Å². The zero-order chi connectivity index (χ0) is 24.6. The van der Waals surface area contributed by atoms with Crippen LogP contribution < -0.4 is 24.4 Å². The maximum Gasteiger partial charge on any atom is 0.271 e. The summed E-state index contributed by atoms with van der Waals surface area (Å²) in [6.07, 6.45) is 3.75. The predicted octanol–water partition coefficient (Wildman–Crippen LogP) is 4.73. The highest BCUT2D eigenvalue weighted by atomic mass is 32.1. The molecule has 0 amide bonds. The van der Waals surface area contributed by atoms with Crippen molar-refractivity contribution in [2.75, 3.05) is 13.7 Å². The highest BCUT2D eigenvalue weighted by molar-refractivity contribution is 7.07. The number of nitrogens with zero attached hydrogens (tertiary/aromatic N) is 2. The van der Waals surface area contributed by atoms with Gasteiger partial charge in [0.25, 0.3) is 5.56 Å². The number of hydrogen-bond donors (Lipinski definition) is 0. The standard InChI is InChI=1S/C30H26N2O3S/c1-3-35-25-17-19(13-16-24(25)34-2)18-26-29(33)32-28(21-10-5-4-6-11-21)23-15-14-20-9-7-8-12-22(20)27(23)31-30(32)36-26/h4-13,16-18,28H,3,14-15H2,1-2H3/b26-18-. The van der Waals surface area contributed by atoms with E-state index in [0.717, 1.165) is 34.5 Å². The first-order valence-corrected chi connectivity index (χ1v) is 13.0. The largest absolute Gasteiger partial charge is 0.493 e. The van der Waals surface area contributed by atoms with E-state index < -0.39 is 0 Å². The van der Waals surface area contributed by atoms with Crippen molar-refractivity contribution >= 4 is 23.1 Å². The summed E-state index contributed by atoms with van der Waals surface area (Å²) in [7, 11) is 1.62. The summed E-state index contributed by atoms with van der Waals surface area (Å²) < 4.78 is 13.7. The van der Waals surface area contributed by atoms with E-state index in [0.29, 0.717) is 22.6 Å². The second-order valence-corrected chi connectivity index (χ2v) is 9.88. The molecule has 0 saturated heterocycles. The molecule has 0 spiro atoms. The number of rotatable bonds is 5. The first-order chi connectivity index (χ1) is 17.7. The van der Waals surface area contributed by atoms with E-state index in [1.165, 1.54) is 28.0 Å². The third-order valence-electron chi connectivity index (χ3n) is 6.77. The molecule has 5 nitrogen and oxygen atoms in total. The van der Waals surface area contributed by atoms with Gasteiger partial charge in [0.15, 0.2) is 16.3 Å². The molecule has 1 aliphatic heterocycles. The van der Waals surface area contributed by atoms with E-state index >= 15 is 0 Å². The third kappa shape index (κ3) is 3.78. The van der Waals surface area contributed by atoms with Crippen molar-refractivity contribution in [1.29, 1.82) is 0 Å². The molecule has 2 aliphatic rings. The van der Waals surface area contributed by atoms with E-state index in [2.05, 4.69) is 36.4 Å². The fraction of sp³-hybridized carbons (Fsp3) is 0.200. The molecular weight excluding hydrogens is 468 g/mol. The molecule has 4 aromatic rings. The average molecular weight is 495 g/mol. The van der Waals surface area contributed by atoms with Crippen molar-refractivity contribution in [1.82, 2.24) is 4.57 Å². The molecule has 1 unspecified atom stereocenters. The topological polar surface area (TPSA) is 52.8 Å². The lowest BCUT2D eigenvalue weighted by molar-refractivity contribution is 0.311. The first-order valence-electron chi connectivity index (χ1n) is 12.2. The first kappa shape index (κ1) is 22.6. The number of thiazole rings is 1. The minimum Gasteiger partial charge on any atom is -0.493 e. The van der Waals surface area contributed by atoms with Crippen molar-refractivity contribution in [2.45, 2.75) is 25.8 Å². The number of fused-ring (bicyclic) bond motifs is 3. The monoisotopic (exact) mass is 494 g/mol. The summed E-state index contributed by atoms with van der Waals surface area (Å²) in [4.78, 5) is 19.7. The fourth-order valence-electron chi connectivity index (χ4n) is 5.16. The van der Waals surface area contributed by atoms with Gasteiger partial charge in [-0.3, -0.25) is 9.36 Å². The number of allylic oxidation sites excluding steroid dienone is 1. The van der Waals surface area contributed by atoms with E-state index in [1.54, 1.807) is 7.11 Å². The van der Waals surface area contributed by atoms with Gasteiger partial charge in [0, 0.05) is 5.56 Å². The lowest BCUT2D eigenvalue weighted by Crippen LogP contribution is -2.38. The maximum atomic E-state index is 13.9. The van der Waals surface area contributed by atoms with Gasteiger partial charge in [-0.05, 0) is 60.2 Å². The molecule has 3 aromatic carbocycles. The van der Waals surface area contributed by atoms with Crippen LogP contribution in [0.4, 0.5) is 0 Å². The van der Waals surface area contributed by atoms with Gasteiger partial charge in [-0.15, -0.1) is 0 Å². The van der Waals surface area contributed by atoms with E-state index in [9.17, 15) is 4.79 Å². The maximum absolute atomic E-state index is 13.9. The molecule has 0 N–H and O–H groups in total. The van der Waals surface area contributed by atoms with Gasteiger partial charge in [0.05, 0.1) is 30.0 Å². The van der Waals surface area contributed by atoms with Gasteiger partial charge in [-0.25, -0.2) is 4.99 Å². The molecule has 0 fully saturated rings. The number of ether oxygens (including phenoxy) is 2. The molecule has 6 heteroatoms. The Bertz CT molecular complexity index is 1660. The minimum atomic E-state index is -0.164. The Balaban J connectivity index is 1.56. The van der Waals surface area contributed by atoms with Crippen LogP contribution in [0.3, 0.4) is 0 Å². The highest BCUT2D eigenvalue weighted by Gasteiger charge is 2.32. The number of methoxy groups -OCH3 is 1. The Kier molecular flexibility index (Phi) is 5.82. The highest BCUT2D eigenvalue weighted by Crippen LogP contribution is 2.41. The van der Waals surface area contributed by atoms with Gasteiger partial charge in [0.2, 0.25) is 0 Å². The molecule has 36 heavy (non-hydrogen) atoms. The van der Waals surface area contributed by atoms with Crippen LogP contribution in [0.1, 0.15) is 41.6 Å². The fourth-order valence-corrected chi connectivity index (χ4v) is 6.16. The number of aromatic nitrogens is 1. The summed E-state index contributed by atoms with van der Waals surface area (Å²) in [5.74, 6) is 1.33. The second-order valence-electron chi connectivity index (χ2n) is 8.87. The molecule has 1 aliphatic carbocycles. The molecule has 1 aromatic heterocycles. The van der Waals surface area contributed by atoms with Crippen molar-refractivity contribution in [3.63, 3.8) is 0 Å². The van der Waals surface area contributed by atoms with E-state index in [4.69, 9.17) is 14.5 Å². The predicted molar refractivity (Wildman–Crippen MR) is 143 cm³/mol. The molecule has 1 atom stereocenters. The van der Waals surface area contributed by atoms with Gasteiger partial charge in [0.1, 0.15) is 0 Å². The van der Waals surface area contributed by atoms with Crippen LogP contribution >= 0.6 is 11.3 Å². The summed E-state index contributed by atoms with van der Waals surface area (Å²) >= 11 is 1.44. The normalized spacial score (nSPS) is 16.6. The summed E-state index contributed by atoms with van der Waals surface area (Å²) in [6, 6.07) is 24.3. The van der Waals surface area contributed by atoms with Crippen molar-refractivity contribution in [3.8, 4) is 11.5 Å². The SMILES string of the molecule is CCOc1cc(/C=c2\sc3n(c2=O)C(c2ccccc2)C2=C(N=3)c3ccccc3CC2)ccc1OC. The number of benzene rings is 3. The molecule has 0 saturated carbocycles. The zero-order valence-corrected chi connectivity index (χ0v) is 21.0. The minimum absolute atomic E-state index is 0.0215. The van der Waals surface area contributed by atoms with Gasteiger partial charge < -0.3 is 9.47 Å². The zero-order valence-electron chi connectivity index (χ0n) is 20.2. The lowest BCUT2D eigenvalue weighted by atomic mass is 9.83. The lowest BCUT2D eigenvalue weighted by Gasteiger charge is -2.30. The van der Waals surface area contributed by atoms with Gasteiger partial charge >= 0.3 is 0 Å². The number of hydrogen-bond acceptors (Lipinski definition) is 5. The van der Waals surface area contributed by atoms with Gasteiger partial charge in [-0.2, -0.15) is 0 Å².